The summed E-state index contributed by atoms with van der Waals surface area (Å²) < 4.78 is 0. The van der Waals surface area contributed by atoms with E-state index in [-0.39, 0.29) is 0 Å². The first kappa shape index (κ1) is 13.3. The lowest BCUT2D eigenvalue weighted by molar-refractivity contribution is 0.312. The molecule has 0 aliphatic carbocycles. The monoisotopic (exact) mass is 248 g/mol. The van der Waals surface area contributed by atoms with E-state index in [1.807, 2.05) is 6.20 Å². The molecule has 0 saturated carbocycles. The molecule has 1 fully saturated rings. The molecule has 0 radical (unpaired) electrons. The van der Waals surface area contributed by atoms with Gasteiger partial charge in [0.25, 0.3) is 0 Å². The van der Waals surface area contributed by atoms with Gasteiger partial charge in [0.15, 0.2) is 0 Å². The normalized spacial score (nSPS) is 17.1. The summed E-state index contributed by atoms with van der Waals surface area (Å²) in [6.07, 6.45) is 3.10. The van der Waals surface area contributed by atoms with Crippen LogP contribution in [0.4, 0.5) is 5.82 Å². The van der Waals surface area contributed by atoms with Gasteiger partial charge in [0.2, 0.25) is 0 Å². The van der Waals surface area contributed by atoms with Crippen molar-refractivity contribution in [2.45, 2.75) is 19.9 Å². The van der Waals surface area contributed by atoms with Crippen LogP contribution < -0.4 is 10.2 Å². The summed E-state index contributed by atoms with van der Waals surface area (Å²) in [7, 11) is 2.18. The highest BCUT2D eigenvalue weighted by molar-refractivity contribution is 5.41. The van der Waals surface area contributed by atoms with Crippen molar-refractivity contribution in [3.63, 3.8) is 0 Å². The Balaban J connectivity index is 1.94. The lowest BCUT2D eigenvalue weighted by Gasteiger charge is -2.33. The third kappa shape index (κ3) is 3.68. The topological polar surface area (TPSA) is 31.4 Å². The van der Waals surface area contributed by atoms with E-state index in [0.717, 1.165) is 45.1 Å². The van der Waals surface area contributed by atoms with Gasteiger partial charge in [-0.3, -0.25) is 0 Å². The van der Waals surface area contributed by atoms with Crippen molar-refractivity contribution >= 4 is 5.82 Å². The van der Waals surface area contributed by atoms with Gasteiger partial charge in [0, 0.05) is 38.9 Å². The second-order valence-corrected chi connectivity index (χ2v) is 4.99. The van der Waals surface area contributed by atoms with Crippen LogP contribution in [0.1, 0.15) is 18.9 Å². The molecule has 0 unspecified atom stereocenters. The summed E-state index contributed by atoms with van der Waals surface area (Å²) in [6.45, 7) is 8.61. The standard InChI is InChI=1S/C14H24N4/c1-3-5-15-12-13-4-6-16-14(11-13)18-9-7-17(2)8-10-18/h4,6,11,15H,3,5,7-10,12H2,1-2H3. The van der Waals surface area contributed by atoms with Gasteiger partial charge in [-0.25, -0.2) is 4.98 Å². The van der Waals surface area contributed by atoms with Gasteiger partial charge < -0.3 is 15.1 Å². The molecule has 2 heterocycles. The van der Waals surface area contributed by atoms with Crippen LogP contribution in [0.25, 0.3) is 0 Å². The predicted molar refractivity (Wildman–Crippen MR) is 75.9 cm³/mol. The minimum Gasteiger partial charge on any atom is -0.354 e. The first-order valence-electron chi connectivity index (χ1n) is 6.88. The van der Waals surface area contributed by atoms with E-state index in [4.69, 9.17) is 0 Å². The van der Waals surface area contributed by atoms with Crippen molar-refractivity contribution in [1.29, 1.82) is 0 Å². The fraction of sp³-hybridized carbons (Fsp3) is 0.643. The quantitative estimate of drug-likeness (QED) is 0.797. The second-order valence-electron chi connectivity index (χ2n) is 4.99. The van der Waals surface area contributed by atoms with E-state index in [1.54, 1.807) is 0 Å². The average Bonchev–Trinajstić information content (AvgIpc) is 2.40. The molecule has 1 aromatic rings. The van der Waals surface area contributed by atoms with Crippen LogP contribution in [0.15, 0.2) is 18.3 Å². The van der Waals surface area contributed by atoms with Crippen LogP contribution in [0.5, 0.6) is 0 Å². The first-order chi connectivity index (χ1) is 8.79. The minimum absolute atomic E-state index is 0.942. The number of piperazine rings is 1. The lowest BCUT2D eigenvalue weighted by atomic mass is 10.2. The van der Waals surface area contributed by atoms with Crippen molar-refractivity contribution in [3.05, 3.63) is 23.9 Å². The number of nitrogens with zero attached hydrogens (tertiary/aromatic N) is 3. The highest BCUT2D eigenvalue weighted by Gasteiger charge is 2.15. The molecule has 1 aliphatic heterocycles. The second kappa shape index (κ2) is 6.71. The summed E-state index contributed by atoms with van der Waals surface area (Å²) in [5.41, 5.74) is 1.33. The van der Waals surface area contributed by atoms with Crippen LogP contribution >= 0.6 is 0 Å². The summed E-state index contributed by atoms with van der Waals surface area (Å²) in [5.74, 6) is 1.12. The van der Waals surface area contributed by atoms with Crippen molar-refractivity contribution in [2.75, 3.05) is 44.7 Å². The molecule has 0 bridgehead atoms. The van der Waals surface area contributed by atoms with Crippen LogP contribution in [0.2, 0.25) is 0 Å². The van der Waals surface area contributed by atoms with Crippen LogP contribution in [0, 0.1) is 0 Å². The Morgan fingerprint density at radius 2 is 2.06 bits per heavy atom. The molecule has 4 heteroatoms. The zero-order valence-corrected chi connectivity index (χ0v) is 11.5. The Bertz CT molecular complexity index is 359. The van der Waals surface area contributed by atoms with Crippen molar-refractivity contribution in [1.82, 2.24) is 15.2 Å². The summed E-state index contributed by atoms with van der Waals surface area (Å²) in [5, 5.41) is 3.43. The smallest absolute Gasteiger partial charge is 0.128 e. The Morgan fingerprint density at radius 1 is 1.28 bits per heavy atom. The summed E-state index contributed by atoms with van der Waals surface area (Å²) in [4.78, 5) is 9.24. The maximum Gasteiger partial charge on any atom is 0.128 e. The number of nitrogens with one attached hydrogen (secondary N) is 1. The van der Waals surface area contributed by atoms with Crippen LogP contribution in [-0.2, 0) is 6.54 Å². The minimum atomic E-state index is 0.942. The fourth-order valence-electron chi connectivity index (χ4n) is 2.19. The summed E-state index contributed by atoms with van der Waals surface area (Å²) in [6, 6.07) is 4.32. The van der Waals surface area contributed by atoms with E-state index in [9.17, 15) is 0 Å². The number of hydrogen-bond acceptors (Lipinski definition) is 4. The maximum absolute atomic E-state index is 4.50. The lowest BCUT2D eigenvalue weighted by Crippen LogP contribution is -2.44. The zero-order chi connectivity index (χ0) is 12.8. The molecule has 1 saturated heterocycles. The molecular weight excluding hydrogens is 224 g/mol. The maximum atomic E-state index is 4.50. The number of anilines is 1. The fourth-order valence-corrected chi connectivity index (χ4v) is 2.19. The van der Waals surface area contributed by atoms with Crippen molar-refractivity contribution in [3.8, 4) is 0 Å². The van der Waals surface area contributed by atoms with Gasteiger partial charge >= 0.3 is 0 Å². The average molecular weight is 248 g/mol. The molecule has 100 valence electrons. The molecular formula is C14H24N4. The van der Waals surface area contributed by atoms with Crippen LogP contribution in [-0.4, -0.2) is 49.7 Å². The van der Waals surface area contributed by atoms with E-state index < -0.39 is 0 Å². The third-order valence-corrected chi connectivity index (χ3v) is 3.39. The van der Waals surface area contributed by atoms with E-state index in [1.165, 1.54) is 12.0 Å². The molecule has 1 aromatic heterocycles. The number of hydrogen-bond donors (Lipinski definition) is 1. The Kier molecular flexibility index (Phi) is 4.96. The van der Waals surface area contributed by atoms with Gasteiger partial charge in [-0.2, -0.15) is 0 Å². The molecule has 0 amide bonds. The number of aromatic nitrogens is 1. The van der Waals surface area contributed by atoms with E-state index >= 15 is 0 Å². The van der Waals surface area contributed by atoms with E-state index in [2.05, 4.69) is 46.2 Å². The van der Waals surface area contributed by atoms with Gasteiger partial charge in [0.1, 0.15) is 5.82 Å². The number of likely N-dealkylation sites (N-methyl/N-ethyl adjacent to an activating group) is 1. The van der Waals surface area contributed by atoms with Gasteiger partial charge in [-0.15, -0.1) is 0 Å². The number of rotatable bonds is 5. The predicted octanol–water partition coefficient (Wildman–Crippen LogP) is 1.33. The molecule has 0 aromatic carbocycles. The summed E-state index contributed by atoms with van der Waals surface area (Å²) >= 11 is 0. The Morgan fingerprint density at radius 3 is 2.78 bits per heavy atom. The third-order valence-electron chi connectivity index (χ3n) is 3.39. The molecule has 1 aliphatic rings. The largest absolute Gasteiger partial charge is 0.354 e. The van der Waals surface area contributed by atoms with Crippen LogP contribution in [0.3, 0.4) is 0 Å². The first-order valence-corrected chi connectivity index (χ1v) is 6.88. The SMILES string of the molecule is CCCNCc1ccnc(N2CCN(C)CC2)c1. The Hall–Kier alpha value is -1.13. The highest BCUT2D eigenvalue weighted by Crippen LogP contribution is 2.14. The molecule has 4 nitrogen and oxygen atoms in total. The van der Waals surface area contributed by atoms with E-state index in [0.29, 0.717) is 0 Å². The van der Waals surface area contributed by atoms with Crippen molar-refractivity contribution in [2.24, 2.45) is 0 Å². The molecule has 0 spiro atoms. The molecule has 2 rings (SSSR count). The van der Waals surface area contributed by atoms with Gasteiger partial charge in [0.05, 0.1) is 0 Å². The van der Waals surface area contributed by atoms with Gasteiger partial charge in [-0.1, -0.05) is 6.92 Å². The van der Waals surface area contributed by atoms with Crippen molar-refractivity contribution < 1.29 is 0 Å². The van der Waals surface area contributed by atoms with Gasteiger partial charge in [-0.05, 0) is 37.7 Å². The zero-order valence-electron chi connectivity index (χ0n) is 11.5. The Labute approximate surface area is 110 Å². The number of pyridine rings is 1. The molecule has 1 N–H and O–H groups in total. The molecule has 18 heavy (non-hydrogen) atoms. The highest BCUT2D eigenvalue weighted by atomic mass is 15.3. The molecule has 0 atom stereocenters.